The van der Waals surface area contributed by atoms with Crippen molar-refractivity contribution in [3.05, 3.63) is 60.2 Å². The van der Waals surface area contributed by atoms with Crippen LogP contribution in [0.4, 0.5) is 0 Å². The van der Waals surface area contributed by atoms with E-state index in [1.54, 1.807) is 0 Å². The van der Waals surface area contributed by atoms with Crippen LogP contribution in [0.1, 0.15) is 62.5 Å². The third-order valence-corrected chi connectivity index (χ3v) is 6.21. The van der Waals surface area contributed by atoms with Gasteiger partial charge < -0.3 is 24.8 Å². The van der Waals surface area contributed by atoms with Crippen molar-refractivity contribution < 1.29 is 23.8 Å². The van der Waals surface area contributed by atoms with Crippen LogP contribution in [0.3, 0.4) is 0 Å². The summed E-state index contributed by atoms with van der Waals surface area (Å²) in [6, 6.07) is 8.66. The molecule has 0 saturated carbocycles. The Bertz CT molecular complexity index is 1010. The fraction of sp³-hybridized carbons (Fsp3) is 0.536. The fourth-order valence-electron chi connectivity index (χ4n) is 4.14. The lowest BCUT2D eigenvalue weighted by molar-refractivity contribution is -0.140. The van der Waals surface area contributed by atoms with Crippen LogP contribution < -0.4 is 10.6 Å². The smallest absolute Gasteiger partial charge is 0.406 e. The number of amides is 2. The molecule has 0 bridgehead atoms. The lowest BCUT2D eigenvalue weighted by atomic mass is 9.67. The summed E-state index contributed by atoms with van der Waals surface area (Å²) in [6.07, 6.45) is 7.25. The van der Waals surface area contributed by atoms with Gasteiger partial charge >= 0.3 is 13.0 Å². The van der Waals surface area contributed by atoms with E-state index in [9.17, 15) is 14.4 Å². The number of rotatable bonds is 17. The molecule has 2 N–H and O–H groups in total. The van der Waals surface area contributed by atoms with E-state index >= 15 is 0 Å². The monoisotopic (exact) mass is 539 g/mol. The Labute approximate surface area is 232 Å². The zero-order chi connectivity index (χ0) is 28.6. The largest absolute Gasteiger partial charge is 0.469 e. The minimum Gasteiger partial charge on any atom is -0.469 e. The predicted octanol–water partition coefficient (Wildman–Crippen LogP) is 2.69. The van der Waals surface area contributed by atoms with Crippen LogP contribution in [0, 0.1) is 5.92 Å². The Balaban J connectivity index is 2.29. The second kappa shape index (κ2) is 17.3. The van der Waals surface area contributed by atoms with Gasteiger partial charge in [0.1, 0.15) is 11.7 Å². The maximum Gasteiger partial charge on any atom is 0.406 e. The minimum atomic E-state index is -0.853. The van der Waals surface area contributed by atoms with Crippen LogP contribution in [0.25, 0.3) is 0 Å². The van der Waals surface area contributed by atoms with Gasteiger partial charge in [-0.3, -0.25) is 19.4 Å². The summed E-state index contributed by atoms with van der Waals surface area (Å²) >= 11 is 0. The van der Waals surface area contributed by atoms with Gasteiger partial charge in [-0.1, -0.05) is 57.5 Å². The Morgan fingerprint density at radius 3 is 2.46 bits per heavy atom. The number of unbranched alkanes of at least 4 members (excludes halogenated alkanes) is 1. The number of benzene rings is 1. The standard InChI is InChI=1S/C28H42BN5O5/c1-6-7-17-39-29(34(4)16-13-26(35)38-5)25(18-21(2)3)33-27(36)23(19-22-11-9-8-10-12-22)32-28(37)24-20-30-14-15-31-24/h8-12,14-15,20-21,23,25H,6-7,13,16-19H2,1-5H3,(H,32,37)(H,33,36)/t23-,25-/m0/s1. The van der Waals surface area contributed by atoms with Gasteiger partial charge in [-0.15, -0.1) is 0 Å². The third-order valence-electron chi connectivity index (χ3n) is 6.21. The number of esters is 1. The number of methoxy groups -OCH3 is 1. The molecule has 0 aliphatic rings. The van der Waals surface area contributed by atoms with Crippen molar-refractivity contribution >= 4 is 24.8 Å². The molecule has 0 unspecified atom stereocenters. The van der Waals surface area contributed by atoms with Crippen LogP contribution in [0.5, 0.6) is 0 Å². The van der Waals surface area contributed by atoms with Gasteiger partial charge in [0, 0.05) is 25.4 Å². The Kier molecular flexibility index (Phi) is 14.2. The summed E-state index contributed by atoms with van der Waals surface area (Å²) in [6.45, 7) is 7.17. The quantitative estimate of drug-likeness (QED) is 0.179. The van der Waals surface area contributed by atoms with E-state index in [4.69, 9.17) is 9.39 Å². The lowest BCUT2D eigenvalue weighted by Gasteiger charge is -2.33. The fourth-order valence-corrected chi connectivity index (χ4v) is 4.14. The highest BCUT2D eigenvalue weighted by atomic mass is 16.5. The first kappa shape index (κ1) is 31.9. The number of nitrogens with one attached hydrogen (secondary N) is 2. The van der Waals surface area contributed by atoms with Gasteiger partial charge in [0.05, 0.1) is 25.7 Å². The molecule has 2 atom stereocenters. The molecule has 0 aliphatic heterocycles. The van der Waals surface area contributed by atoms with Crippen molar-refractivity contribution in [2.24, 2.45) is 5.92 Å². The molecule has 2 amide bonds. The molecule has 0 fully saturated rings. The highest BCUT2D eigenvalue weighted by molar-refractivity contribution is 6.51. The second-order valence-corrected chi connectivity index (χ2v) is 9.97. The van der Waals surface area contributed by atoms with Crippen molar-refractivity contribution in [3.8, 4) is 0 Å². The van der Waals surface area contributed by atoms with Gasteiger partial charge in [0.25, 0.3) is 5.91 Å². The maximum atomic E-state index is 13.8. The summed E-state index contributed by atoms with van der Waals surface area (Å²) in [7, 11) is 2.76. The summed E-state index contributed by atoms with van der Waals surface area (Å²) in [5, 5.41) is 6.00. The molecule has 2 rings (SSSR count). The van der Waals surface area contributed by atoms with E-state index in [-0.39, 0.29) is 35.9 Å². The molecule has 1 aromatic carbocycles. The van der Waals surface area contributed by atoms with E-state index in [0.29, 0.717) is 26.0 Å². The molecule has 0 saturated heterocycles. The highest BCUT2D eigenvalue weighted by Crippen LogP contribution is 2.14. The first-order valence-corrected chi connectivity index (χ1v) is 13.5. The molecule has 1 heterocycles. The first-order chi connectivity index (χ1) is 18.7. The third kappa shape index (κ3) is 11.5. The summed E-state index contributed by atoms with van der Waals surface area (Å²) in [4.78, 5) is 48.5. The Morgan fingerprint density at radius 2 is 1.85 bits per heavy atom. The number of hydrogen-bond acceptors (Lipinski definition) is 8. The van der Waals surface area contributed by atoms with Gasteiger partial charge in [-0.2, -0.15) is 0 Å². The first-order valence-electron chi connectivity index (χ1n) is 13.5. The number of nitrogens with zero attached hydrogens (tertiary/aromatic N) is 3. The highest BCUT2D eigenvalue weighted by Gasteiger charge is 2.36. The number of carbonyl (C=O) groups excluding carboxylic acids is 3. The van der Waals surface area contributed by atoms with Crippen molar-refractivity contribution in [2.45, 2.75) is 64.9 Å². The van der Waals surface area contributed by atoms with E-state index < -0.39 is 19.0 Å². The zero-order valence-electron chi connectivity index (χ0n) is 23.8. The van der Waals surface area contributed by atoms with Crippen molar-refractivity contribution in [2.75, 3.05) is 27.3 Å². The summed E-state index contributed by atoms with van der Waals surface area (Å²) in [5.41, 5.74) is 1.04. The molecule has 10 nitrogen and oxygen atoms in total. The average Bonchev–Trinajstić information content (AvgIpc) is 2.93. The summed E-state index contributed by atoms with van der Waals surface area (Å²) in [5.74, 6) is -1.25. The topological polar surface area (TPSA) is 123 Å². The Hall–Kier alpha value is -3.31. The molecule has 0 aliphatic carbocycles. The van der Waals surface area contributed by atoms with Gasteiger partial charge in [0.15, 0.2) is 0 Å². The molecule has 2 aromatic rings. The molecule has 212 valence electrons. The number of aromatic nitrogens is 2. The van der Waals surface area contributed by atoms with Gasteiger partial charge in [-0.25, -0.2) is 4.98 Å². The van der Waals surface area contributed by atoms with Gasteiger partial charge in [0.2, 0.25) is 5.91 Å². The molecule has 0 spiro atoms. The van der Waals surface area contributed by atoms with E-state index in [1.165, 1.54) is 25.7 Å². The van der Waals surface area contributed by atoms with E-state index in [1.807, 2.05) is 42.2 Å². The SMILES string of the molecule is CCCCOB([C@H](CC(C)C)NC(=O)[C@H](Cc1ccccc1)NC(=O)c1cnccn1)N(C)CCC(=O)OC. The van der Waals surface area contributed by atoms with E-state index in [0.717, 1.165) is 18.4 Å². The van der Waals surface area contributed by atoms with Crippen LogP contribution in [0.2, 0.25) is 0 Å². The molecular weight excluding hydrogens is 497 g/mol. The minimum absolute atomic E-state index is 0.130. The second-order valence-electron chi connectivity index (χ2n) is 9.97. The number of ether oxygens (including phenoxy) is 1. The molecule has 0 radical (unpaired) electrons. The van der Waals surface area contributed by atoms with Crippen molar-refractivity contribution in [1.29, 1.82) is 0 Å². The number of hydrogen-bond donors (Lipinski definition) is 2. The molecular formula is C28H42BN5O5. The normalized spacial score (nSPS) is 12.6. The van der Waals surface area contributed by atoms with Crippen LogP contribution in [-0.2, 0) is 25.4 Å². The molecule has 39 heavy (non-hydrogen) atoms. The maximum absolute atomic E-state index is 13.8. The molecule has 1 aromatic heterocycles. The predicted molar refractivity (Wildman–Crippen MR) is 151 cm³/mol. The zero-order valence-corrected chi connectivity index (χ0v) is 23.8. The Morgan fingerprint density at radius 1 is 1.10 bits per heavy atom. The van der Waals surface area contributed by atoms with Crippen molar-refractivity contribution in [3.63, 3.8) is 0 Å². The van der Waals surface area contributed by atoms with Crippen molar-refractivity contribution in [1.82, 2.24) is 25.4 Å². The summed E-state index contributed by atoms with van der Waals surface area (Å²) < 4.78 is 11.1. The van der Waals surface area contributed by atoms with Crippen LogP contribution in [0.15, 0.2) is 48.9 Å². The van der Waals surface area contributed by atoms with E-state index in [2.05, 4.69) is 41.4 Å². The average molecular weight is 539 g/mol. The van der Waals surface area contributed by atoms with Crippen LogP contribution >= 0.6 is 0 Å². The van der Waals surface area contributed by atoms with Crippen LogP contribution in [-0.4, -0.2) is 78.9 Å². The molecule has 11 heteroatoms. The lowest BCUT2D eigenvalue weighted by Crippen LogP contribution is -2.60. The van der Waals surface area contributed by atoms with Gasteiger partial charge in [-0.05, 0) is 37.9 Å². The number of carbonyl (C=O) groups is 3.